The van der Waals surface area contributed by atoms with E-state index < -0.39 is 0 Å². The van der Waals surface area contributed by atoms with Crippen LogP contribution in [0.3, 0.4) is 0 Å². The van der Waals surface area contributed by atoms with Gasteiger partial charge < -0.3 is 10.5 Å². The summed E-state index contributed by atoms with van der Waals surface area (Å²) in [6.45, 7) is 3.68. The molecule has 1 aromatic carbocycles. The fourth-order valence-electron chi connectivity index (χ4n) is 2.00. The lowest BCUT2D eigenvalue weighted by Crippen LogP contribution is -2.48. The third-order valence-electron chi connectivity index (χ3n) is 3.00. The summed E-state index contributed by atoms with van der Waals surface area (Å²) in [5.41, 5.74) is 6.78. The Labute approximate surface area is 111 Å². The van der Waals surface area contributed by atoms with Crippen LogP contribution in [-0.4, -0.2) is 37.2 Å². The number of benzene rings is 1. The topological polar surface area (TPSA) is 38.5 Å². The Morgan fingerprint density at radius 2 is 2.24 bits per heavy atom. The highest BCUT2D eigenvalue weighted by molar-refractivity contribution is 6.33. The van der Waals surface area contributed by atoms with Crippen LogP contribution in [0.4, 0.5) is 0 Å². The van der Waals surface area contributed by atoms with E-state index in [4.69, 9.17) is 33.7 Å². The second-order valence-corrected chi connectivity index (χ2v) is 5.01. The number of hydrogen-bond acceptors (Lipinski definition) is 3. The predicted molar refractivity (Wildman–Crippen MR) is 70.5 cm³/mol. The van der Waals surface area contributed by atoms with E-state index in [-0.39, 0.29) is 6.04 Å². The number of rotatable bonds is 3. The van der Waals surface area contributed by atoms with E-state index in [1.165, 1.54) is 0 Å². The fourth-order valence-corrected chi connectivity index (χ4v) is 2.37. The largest absolute Gasteiger partial charge is 0.378 e. The zero-order valence-electron chi connectivity index (χ0n) is 9.53. The zero-order valence-corrected chi connectivity index (χ0v) is 11.0. The third-order valence-corrected chi connectivity index (χ3v) is 3.61. The quantitative estimate of drug-likeness (QED) is 0.918. The lowest BCUT2D eigenvalue weighted by atomic mass is 10.1. The van der Waals surface area contributed by atoms with Crippen LogP contribution >= 0.6 is 23.2 Å². The van der Waals surface area contributed by atoms with Gasteiger partial charge in [-0.05, 0) is 23.8 Å². The van der Waals surface area contributed by atoms with Gasteiger partial charge in [-0.3, -0.25) is 4.90 Å². The van der Waals surface area contributed by atoms with Gasteiger partial charge in [-0.1, -0.05) is 23.2 Å². The van der Waals surface area contributed by atoms with Gasteiger partial charge in [0.1, 0.15) is 0 Å². The van der Waals surface area contributed by atoms with E-state index in [1.54, 1.807) is 6.07 Å². The van der Waals surface area contributed by atoms with E-state index in [2.05, 4.69) is 4.90 Å². The number of nitrogens with zero attached hydrogens (tertiary/aromatic N) is 1. The van der Waals surface area contributed by atoms with Crippen molar-refractivity contribution in [2.45, 2.75) is 12.6 Å². The van der Waals surface area contributed by atoms with Gasteiger partial charge in [0.2, 0.25) is 0 Å². The molecule has 1 atom stereocenters. The summed E-state index contributed by atoms with van der Waals surface area (Å²) in [7, 11) is 0. The van der Waals surface area contributed by atoms with Gasteiger partial charge in [0.05, 0.1) is 13.2 Å². The van der Waals surface area contributed by atoms with E-state index in [9.17, 15) is 0 Å². The molecule has 94 valence electrons. The van der Waals surface area contributed by atoms with Crippen LogP contribution < -0.4 is 5.73 Å². The maximum absolute atomic E-state index is 6.16. The molecule has 1 aromatic rings. The molecule has 1 aliphatic rings. The Kier molecular flexibility index (Phi) is 4.65. The molecule has 1 unspecified atom stereocenters. The smallest absolute Gasteiger partial charge is 0.0634 e. The van der Waals surface area contributed by atoms with Crippen molar-refractivity contribution in [3.05, 3.63) is 33.8 Å². The number of ether oxygens (including phenoxy) is 1. The standard InChI is InChI=1S/C12H16Cl2N2O/c13-10-1-2-12(14)9(5-10)7-16-3-4-17-8-11(16)6-15/h1-2,5,11H,3-4,6-8,15H2. The monoisotopic (exact) mass is 274 g/mol. The molecular weight excluding hydrogens is 259 g/mol. The molecule has 2 rings (SSSR count). The zero-order chi connectivity index (χ0) is 12.3. The van der Waals surface area contributed by atoms with E-state index >= 15 is 0 Å². The molecule has 0 radical (unpaired) electrons. The molecule has 2 N–H and O–H groups in total. The molecule has 0 spiro atoms. The molecule has 0 amide bonds. The summed E-state index contributed by atoms with van der Waals surface area (Å²) in [4.78, 5) is 2.29. The number of morpholine rings is 1. The van der Waals surface area contributed by atoms with Crippen molar-refractivity contribution >= 4 is 23.2 Å². The normalized spacial score (nSPS) is 21.7. The van der Waals surface area contributed by atoms with Crippen molar-refractivity contribution in [1.29, 1.82) is 0 Å². The van der Waals surface area contributed by atoms with Crippen LogP contribution in [0.1, 0.15) is 5.56 Å². The van der Waals surface area contributed by atoms with Crippen molar-refractivity contribution in [2.24, 2.45) is 5.73 Å². The lowest BCUT2D eigenvalue weighted by Gasteiger charge is -2.35. The van der Waals surface area contributed by atoms with Crippen LogP contribution in [-0.2, 0) is 11.3 Å². The second-order valence-electron chi connectivity index (χ2n) is 4.17. The first-order valence-electron chi connectivity index (χ1n) is 5.66. The minimum Gasteiger partial charge on any atom is -0.378 e. The van der Waals surface area contributed by atoms with E-state index in [0.29, 0.717) is 18.2 Å². The van der Waals surface area contributed by atoms with Crippen LogP contribution in [0.5, 0.6) is 0 Å². The molecular formula is C12H16Cl2N2O. The summed E-state index contributed by atoms with van der Waals surface area (Å²) in [5, 5.41) is 1.46. The van der Waals surface area contributed by atoms with Gasteiger partial charge in [0.25, 0.3) is 0 Å². The van der Waals surface area contributed by atoms with Crippen LogP contribution in [0.25, 0.3) is 0 Å². The van der Waals surface area contributed by atoms with Gasteiger partial charge in [0.15, 0.2) is 0 Å². The molecule has 0 bridgehead atoms. The van der Waals surface area contributed by atoms with Crippen molar-refractivity contribution in [1.82, 2.24) is 4.90 Å². The van der Waals surface area contributed by atoms with Crippen molar-refractivity contribution < 1.29 is 4.74 Å². The molecule has 0 aliphatic carbocycles. The molecule has 0 aromatic heterocycles. The Bertz CT molecular complexity index is 387. The Balaban J connectivity index is 2.10. The highest BCUT2D eigenvalue weighted by atomic mass is 35.5. The predicted octanol–water partition coefficient (Wildman–Crippen LogP) is 2.15. The van der Waals surface area contributed by atoms with Gasteiger partial charge in [-0.25, -0.2) is 0 Å². The summed E-state index contributed by atoms with van der Waals surface area (Å²) < 4.78 is 5.41. The molecule has 5 heteroatoms. The van der Waals surface area contributed by atoms with Crippen molar-refractivity contribution in [3.63, 3.8) is 0 Å². The molecule has 17 heavy (non-hydrogen) atoms. The maximum Gasteiger partial charge on any atom is 0.0634 e. The van der Waals surface area contributed by atoms with E-state index in [0.717, 1.165) is 30.3 Å². The third kappa shape index (κ3) is 3.33. The maximum atomic E-state index is 6.16. The average Bonchev–Trinajstić information content (AvgIpc) is 2.34. The van der Waals surface area contributed by atoms with Crippen LogP contribution in [0.15, 0.2) is 18.2 Å². The molecule has 3 nitrogen and oxygen atoms in total. The lowest BCUT2D eigenvalue weighted by molar-refractivity contribution is -0.00791. The summed E-state index contributed by atoms with van der Waals surface area (Å²) in [6, 6.07) is 5.80. The molecule has 1 aliphatic heterocycles. The average molecular weight is 275 g/mol. The van der Waals surface area contributed by atoms with Gasteiger partial charge in [0, 0.05) is 35.7 Å². The Hall–Kier alpha value is -0.320. The van der Waals surface area contributed by atoms with Gasteiger partial charge >= 0.3 is 0 Å². The number of halogens is 2. The van der Waals surface area contributed by atoms with Crippen LogP contribution in [0.2, 0.25) is 10.0 Å². The minimum atomic E-state index is 0.263. The van der Waals surface area contributed by atoms with E-state index in [1.807, 2.05) is 12.1 Å². The first kappa shape index (κ1) is 13.1. The van der Waals surface area contributed by atoms with Crippen molar-refractivity contribution in [2.75, 3.05) is 26.3 Å². The first-order valence-corrected chi connectivity index (χ1v) is 6.42. The van der Waals surface area contributed by atoms with Crippen molar-refractivity contribution in [3.8, 4) is 0 Å². The van der Waals surface area contributed by atoms with Gasteiger partial charge in [-0.2, -0.15) is 0 Å². The minimum absolute atomic E-state index is 0.263. The number of hydrogen-bond donors (Lipinski definition) is 1. The number of nitrogens with two attached hydrogens (primary N) is 1. The summed E-state index contributed by atoms with van der Waals surface area (Å²) in [5.74, 6) is 0. The second kappa shape index (κ2) is 6.03. The van der Waals surface area contributed by atoms with Crippen LogP contribution in [0, 0.1) is 0 Å². The SMILES string of the molecule is NCC1COCCN1Cc1cc(Cl)ccc1Cl. The molecule has 0 saturated carbocycles. The Morgan fingerprint density at radius 1 is 1.41 bits per heavy atom. The van der Waals surface area contributed by atoms with Gasteiger partial charge in [-0.15, -0.1) is 0 Å². The molecule has 1 saturated heterocycles. The fraction of sp³-hybridized carbons (Fsp3) is 0.500. The molecule has 1 heterocycles. The summed E-state index contributed by atoms with van der Waals surface area (Å²) >= 11 is 12.1. The summed E-state index contributed by atoms with van der Waals surface area (Å²) in [6.07, 6.45) is 0. The molecule has 1 fully saturated rings. The first-order chi connectivity index (χ1) is 8.20. The highest BCUT2D eigenvalue weighted by Crippen LogP contribution is 2.23. The highest BCUT2D eigenvalue weighted by Gasteiger charge is 2.22. The Morgan fingerprint density at radius 3 is 3.00 bits per heavy atom.